The lowest BCUT2D eigenvalue weighted by Gasteiger charge is -2.18. The first kappa shape index (κ1) is 10.6. The molecule has 1 aromatic heterocycles. The van der Waals surface area contributed by atoms with Gasteiger partial charge in [-0.05, 0) is 12.8 Å². The van der Waals surface area contributed by atoms with Gasteiger partial charge in [0.15, 0.2) is 10.9 Å². The highest BCUT2D eigenvalue weighted by atomic mass is 32.1. The molecule has 2 rings (SSSR count). The van der Waals surface area contributed by atoms with E-state index in [4.69, 9.17) is 0 Å². The second-order valence-corrected chi connectivity index (χ2v) is 4.97. The lowest BCUT2D eigenvalue weighted by atomic mass is 10.2. The topological polar surface area (TPSA) is 33.2 Å². The summed E-state index contributed by atoms with van der Waals surface area (Å²) in [4.78, 5) is 18.6. The molecule has 1 aromatic rings. The fourth-order valence-corrected chi connectivity index (χ4v) is 2.70. The Hall–Kier alpha value is -0.900. The molecule has 4 heteroatoms. The Morgan fingerprint density at radius 3 is 2.53 bits per heavy atom. The minimum atomic E-state index is 0.119. The maximum absolute atomic E-state index is 11.2. The highest BCUT2D eigenvalue weighted by Gasteiger charge is 2.14. The zero-order chi connectivity index (χ0) is 10.7. The minimum absolute atomic E-state index is 0.119. The number of thiazole rings is 1. The standard InChI is InChI=1S/C11H16N2OS/c1-9(14)10-8-12-11(15-10)13-6-4-2-3-5-7-13/h8H,2-7H2,1H3. The van der Waals surface area contributed by atoms with Crippen molar-refractivity contribution < 1.29 is 4.79 Å². The molecule has 0 unspecified atom stereocenters. The van der Waals surface area contributed by atoms with Crippen LogP contribution in [0.25, 0.3) is 0 Å². The third kappa shape index (κ3) is 2.56. The molecule has 0 aliphatic carbocycles. The van der Waals surface area contributed by atoms with Gasteiger partial charge in [0.2, 0.25) is 0 Å². The van der Waals surface area contributed by atoms with Gasteiger partial charge in [-0.15, -0.1) is 0 Å². The number of nitrogens with zero attached hydrogens (tertiary/aromatic N) is 2. The predicted octanol–water partition coefficient (Wildman–Crippen LogP) is 2.73. The average Bonchev–Trinajstić information content (AvgIpc) is 2.55. The number of anilines is 1. The molecule has 1 aliphatic rings. The van der Waals surface area contributed by atoms with Crippen LogP contribution >= 0.6 is 11.3 Å². The lowest BCUT2D eigenvalue weighted by Crippen LogP contribution is -2.23. The SMILES string of the molecule is CC(=O)c1cnc(N2CCCCCC2)s1. The Labute approximate surface area is 94.1 Å². The molecular formula is C11H16N2OS. The molecule has 82 valence electrons. The summed E-state index contributed by atoms with van der Waals surface area (Å²) in [5, 5.41) is 1.02. The van der Waals surface area contributed by atoms with E-state index in [2.05, 4.69) is 9.88 Å². The van der Waals surface area contributed by atoms with E-state index >= 15 is 0 Å². The Kier molecular flexibility index (Phi) is 3.36. The zero-order valence-corrected chi connectivity index (χ0v) is 9.85. The van der Waals surface area contributed by atoms with Crippen LogP contribution in [0.3, 0.4) is 0 Å². The summed E-state index contributed by atoms with van der Waals surface area (Å²) in [7, 11) is 0. The van der Waals surface area contributed by atoms with E-state index < -0.39 is 0 Å². The molecule has 1 aliphatic heterocycles. The molecule has 0 spiro atoms. The summed E-state index contributed by atoms with van der Waals surface area (Å²) >= 11 is 1.52. The molecule has 0 aromatic carbocycles. The van der Waals surface area contributed by atoms with Crippen molar-refractivity contribution in [2.75, 3.05) is 18.0 Å². The molecule has 1 saturated heterocycles. The average molecular weight is 224 g/mol. The highest BCUT2D eigenvalue weighted by Crippen LogP contribution is 2.25. The Morgan fingerprint density at radius 1 is 1.33 bits per heavy atom. The van der Waals surface area contributed by atoms with Crippen LogP contribution in [-0.2, 0) is 0 Å². The van der Waals surface area contributed by atoms with Crippen LogP contribution in [0.2, 0.25) is 0 Å². The van der Waals surface area contributed by atoms with Crippen molar-refractivity contribution in [3.63, 3.8) is 0 Å². The van der Waals surface area contributed by atoms with Gasteiger partial charge in [0.05, 0.1) is 11.1 Å². The molecule has 2 heterocycles. The van der Waals surface area contributed by atoms with Crippen LogP contribution in [0, 0.1) is 0 Å². The van der Waals surface area contributed by atoms with Gasteiger partial charge in [-0.3, -0.25) is 4.79 Å². The molecule has 3 nitrogen and oxygen atoms in total. The largest absolute Gasteiger partial charge is 0.348 e. The molecule has 0 atom stereocenters. The Bertz CT molecular complexity index is 340. The number of carbonyl (C=O) groups is 1. The zero-order valence-electron chi connectivity index (χ0n) is 9.03. The predicted molar refractivity (Wildman–Crippen MR) is 62.8 cm³/mol. The van der Waals surface area contributed by atoms with E-state index in [1.165, 1.54) is 37.0 Å². The normalized spacial score (nSPS) is 17.5. The molecule has 1 fully saturated rings. The summed E-state index contributed by atoms with van der Waals surface area (Å²) < 4.78 is 0. The second kappa shape index (κ2) is 4.75. The third-order valence-corrected chi connectivity index (χ3v) is 3.88. The summed E-state index contributed by atoms with van der Waals surface area (Å²) in [5.74, 6) is 0.119. The first-order valence-electron chi connectivity index (χ1n) is 5.49. The summed E-state index contributed by atoms with van der Waals surface area (Å²) in [6, 6.07) is 0. The monoisotopic (exact) mass is 224 g/mol. The Balaban J connectivity index is 2.10. The maximum Gasteiger partial charge on any atom is 0.185 e. The fourth-order valence-electron chi connectivity index (χ4n) is 1.84. The number of aromatic nitrogens is 1. The van der Waals surface area contributed by atoms with Gasteiger partial charge < -0.3 is 4.90 Å². The summed E-state index contributed by atoms with van der Waals surface area (Å²) in [6.07, 6.45) is 6.83. The summed E-state index contributed by atoms with van der Waals surface area (Å²) in [5.41, 5.74) is 0. The maximum atomic E-state index is 11.2. The number of rotatable bonds is 2. The van der Waals surface area contributed by atoms with Gasteiger partial charge >= 0.3 is 0 Å². The first-order chi connectivity index (χ1) is 7.27. The lowest BCUT2D eigenvalue weighted by molar-refractivity contribution is 0.102. The quantitative estimate of drug-likeness (QED) is 0.724. The fraction of sp³-hybridized carbons (Fsp3) is 0.636. The van der Waals surface area contributed by atoms with E-state index in [0.717, 1.165) is 23.1 Å². The van der Waals surface area contributed by atoms with Gasteiger partial charge in [-0.2, -0.15) is 0 Å². The molecule has 0 bridgehead atoms. The van der Waals surface area contributed by atoms with Crippen molar-refractivity contribution in [3.05, 3.63) is 11.1 Å². The van der Waals surface area contributed by atoms with Crippen molar-refractivity contribution >= 4 is 22.3 Å². The number of Topliss-reactive ketones (excluding diaryl/α,β-unsaturated/α-hetero) is 1. The van der Waals surface area contributed by atoms with Crippen LogP contribution in [0.5, 0.6) is 0 Å². The number of hydrogen-bond acceptors (Lipinski definition) is 4. The van der Waals surface area contributed by atoms with Gasteiger partial charge in [0.1, 0.15) is 0 Å². The van der Waals surface area contributed by atoms with Gasteiger partial charge in [-0.25, -0.2) is 4.98 Å². The smallest absolute Gasteiger partial charge is 0.185 e. The molecule has 0 saturated carbocycles. The van der Waals surface area contributed by atoms with E-state index in [1.807, 2.05) is 0 Å². The van der Waals surface area contributed by atoms with Crippen molar-refractivity contribution in [1.82, 2.24) is 4.98 Å². The van der Waals surface area contributed by atoms with Crippen molar-refractivity contribution in [2.45, 2.75) is 32.6 Å². The van der Waals surface area contributed by atoms with Crippen LogP contribution in [0.15, 0.2) is 6.20 Å². The molecule has 0 amide bonds. The second-order valence-electron chi connectivity index (χ2n) is 3.96. The van der Waals surface area contributed by atoms with E-state index in [9.17, 15) is 4.79 Å². The number of hydrogen-bond donors (Lipinski definition) is 0. The van der Waals surface area contributed by atoms with Gasteiger partial charge in [0.25, 0.3) is 0 Å². The van der Waals surface area contributed by atoms with E-state index in [1.54, 1.807) is 13.1 Å². The van der Waals surface area contributed by atoms with Crippen LogP contribution in [0.1, 0.15) is 42.3 Å². The van der Waals surface area contributed by atoms with E-state index in [0.29, 0.717) is 0 Å². The van der Waals surface area contributed by atoms with Gasteiger partial charge in [-0.1, -0.05) is 24.2 Å². The van der Waals surface area contributed by atoms with Crippen LogP contribution < -0.4 is 4.90 Å². The molecule has 0 N–H and O–H groups in total. The minimum Gasteiger partial charge on any atom is -0.348 e. The van der Waals surface area contributed by atoms with Crippen LogP contribution in [0.4, 0.5) is 5.13 Å². The number of ketones is 1. The molecule has 0 radical (unpaired) electrons. The first-order valence-corrected chi connectivity index (χ1v) is 6.31. The van der Waals surface area contributed by atoms with Crippen molar-refractivity contribution in [1.29, 1.82) is 0 Å². The van der Waals surface area contributed by atoms with Crippen LogP contribution in [-0.4, -0.2) is 23.9 Å². The molecular weight excluding hydrogens is 208 g/mol. The highest BCUT2D eigenvalue weighted by molar-refractivity contribution is 7.17. The van der Waals surface area contributed by atoms with Gasteiger partial charge in [0, 0.05) is 20.0 Å². The summed E-state index contributed by atoms with van der Waals surface area (Å²) in [6.45, 7) is 3.77. The third-order valence-electron chi connectivity index (χ3n) is 2.72. The van der Waals surface area contributed by atoms with Crippen molar-refractivity contribution in [3.8, 4) is 0 Å². The Morgan fingerprint density at radius 2 is 2.00 bits per heavy atom. The van der Waals surface area contributed by atoms with E-state index in [-0.39, 0.29) is 5.78 Å². The van der Waals surface area contributed by atoms with Crippen molar-refractivity contribution in [2.24, 2.45) is 0 Å². The number of carbonyl (C=O) groups excluding carboxylic acids is 1. The molecule has 15 heavy (non-hydrogen) atoms.